The van der Waals surface area contributed by atoms with Crippen LogP contribution in [0, 0.1) is 0 Å². The van der Waals surface area contributed by atoms with E-state index in [2.05, 4.69) is 84.0 Å². The van der Waals surface area contributed by atoms with Crippen LogP contribution in [0.1, 0.15) is 85.6 Å². The van der Waals surface area contributed by atoms with Crippen molar-refractivity contribution in [1.29, 1.82) is 0 Å². The van der Waals surface area contributed by atoms with Gasteiger partial charge < -0.3 is 0 Å². The Morgan fingerprint density at radius 3 is 1.81 bits per heavy atom. The maximum absolute atomic E-state index is 5.20. The van der Waals surface area contributed by atoms with Crippen molar-refractivity contribution in [2.75, 3.05) is 0 Å². The molecule has 3 rings (SSSR count). The monoisotopic (exact) mass is 525 g/mol. The Bertz CT molecular complexity index is 977. The van der Waals surface area contributed by atoms with Crippen molar-refractivity contribution in [1.82, 2.24) is 4.98 Å². The first-order valence-electron chi connectivity index (χ1n) is 12.7. The van der Waals surface area contributed by atoms with Gasteiger partial charge in [0.25, 0.3) is 0 Å². The van der Waals surface area contributed by atoms with Gasteiger partial charge in [-0.25, -0.2) is 0 Å². The fourth-order valence-corrected chi connectivity index (χ4v) is 22.8. The van der Waals surface area contributed by atoms with Gasteiger partial charge in [-0.15, -0.1) is 0 Å². The van der Waals surface area contributed by atoms with E-state index in [-0.39, 0.29) is 5.41 Å². The second-order valence-electron chi connectivity index (χ2n) is 10.6. The number of unbranched alkanes of at least 4 members (excludes halogenated alkanes) is 3. The molecular formula is C29H43NSn. The standard InChI is InChI=1S/C17H16N.3C4H9.Sn/c1-17(2,3)14-9-8-13-10-12-6-4-5-7-15(12)18-16(13)11-14;3*1-3-4-2;/h4-9,11H,1-3H3;3*1,3-4H2,2H3;. The van der Waals surface area contributed by atoms with E-state index in [0.29, 0.717) is 0 Å². The summed E-state index contributed by atoms with van der Waals surface area (Å²) in [4.78, 5) is 5.20. The number of benzene rings is 2. The number of para-hydroxylation sites is 1. The minimum atomic E-state index is -2.64. The number of aromatic nitrogens is 1. The summed E-state index contributed by atoms with van der Waals surface area (Å²) >= 11 is -2.64. The summed E-state index contributed by atoms with van der Waals surface area (Å²) in [6.45, 7) is 14.0. The summed E-state index contributed by atoms with van der Waals surface area (Å²) < 4.78 is 6.28. The van der Waals surface area contributed by atoms with Gasteiger partial charge in [0.1, 0.15) is 0 Å². The van der Waals surface area contributed by atoms with Crippen LogP contribution in [0.4, 0.5) is 0 Å². The number of pyridine rings is 1. The van der Waals surface area contributed by atoms with Crippen molar-refractivity contribution in [3.63, 3.8) is 0 Å². The van der Waals surface area contributed by atoms with Crippen LogP contribution in [0.15, 0.2) is 42.5 Å². The van der Waals surface area contributed by atoms with Crippen molar-refractivity contribution in [3.8, 4) is 0 Å². The average Bonchev–Trinajstić information content (AvgIpc) is 2.76. The molecule has 0 bridgehead atoms. The van der Waals surface area contributed by atoms with Gasteiger partial charge in [-0.2, -0.15) is 0 Å². The first-order valence-corrected chi connectivity index (χ1v) is 20.2. The number of hydrogen-bond acceptors (Lipinski definition) is 1. The quantitative estimate of drug-likeness (QED) is 0.191. The predicted molar refractivity (Wildman–Crippen MR) is 142 cm³/mol. The van der Waals surface area contributed by atoms with E-state index < -0.39 is 18.4 Å². The third-order valence-corrected chi connectivity index (χ3v) is 22.9. The fraction of sp³-hybridized carbons (Fsp3) is 0.552. The van der Waals surface area contributed by atoms with Gasteiger partial charge >= 0.3 is 196 Å². The van der Waals surface area contributed by atoms with Crippen molar-refractivity contribution in [2.24, 2.45) is 0 Å². The minimum absolute atomic E-state index is 0.147. The van der Waals surface area contributed by atoms with Gasteiger partial charge in [0.15, 0.2) is 0 Å². The molecule has 0 spiro atoms. The van der Waals surface area contributed by atoms with E-state index in [1.165, 1.54) is 79.2 Å². The summed E-state index contributed by atoms with van der Waals surface area (Å²) in [6, 6.07) is 16.3. The van der Waals surface area contributed by atoms with Crippen LogP contribution < -0.4 is 3.58 Å². The molecule has 168 valence electrons. The first-order chi connectivity index (χ1) is 14.9. The Hall–Kier alpha value is -1.09. The van der Waals surface area contributed by atoms with Crippen molar-refractivity contribution >= 4 is 43.8 Å². The van der Waals surface area contributed by atoms with Crippen molar-refractivity contribution in [3.05, 3.63) is 48.0 Å². The van der Waals surface area contributed by atoms with Crippen LogP contribution in [0.3, 0.4) is 0 Å². The second-order valence-corrected chi connectivity index (χ2v) is 23.6. The van der Waals surface area contributed by atoms with E-state index in [0.717, 1.165) is 0 Å². The molecule has 0 saturated heterocycles. The topological polar surface area (TPSA) is 12.9 Å². The molecule has 31 heavy (non-hydrogen) atoms. The van der Waals surface area contributed by atoms with Gasteiger partial charge in [0.2, 0.25) is 0 Å². The van der Waals surface area contributed by atoms with Crippen LogP contribution >= 0.6 is 0 Å². The third-order valence-electron chi connectivity index (χ3n) is 7.10. The first kappa shape index (κ1) is 24.5. The SMILES string of the molecule is CCC[CH2][Sn]([CH2]CCC)([CH2]CCC)[c]1c2ccccc2nc2cc(C(C)(C)C)ccc12. The van der Waals surface area contributed by atoms with Crippen LogP contribution in [0.2, 0.25) is 13.3 Å². The molecule has 0 unspecified atom stereocenters. The molecule has 0 saturated carbocycles. The number of nitrogens with zero attached hydrogens (tertiary/aromatic N) is 1. The molecule has 2 heteroatoms. The zero-order chi connectivity index (χ0) is 22.5. The Morgan fingerprint density at radius 1 is 0.710 bits per heavy atom. The fourth-order valence-electron chi connectivity index (χ4n) is 5.23. The van der Waals surface area contributed by atoms with E-state index in [9.17, 15) is 0 Å². The molecular weight excluding hydrogens is 481 g/mol. The van der Waals surface area contributed by atoms with Crippen molar-refractivity contribution < 1.29 is 0 Å². The molecule has 0 aliphatic carbocycles. The molecule has 0 aliphatic heterocycles. The second kappa shape index (κ2) is 10.7. The van der Waals surface area contributed by atoms with E-state index in [1.54, 1.807) is 3.58 Å². The van der Waals surface area contributed by atoms with Crippen molar-refractivity contribution in [2.45, 2.75) is 98.8 Å². The van der Waals surface area contributed by atoms with Crippen LogP contribution in [-0.2, 0) is 5.41 Å². The predicted octanol–water partition coefficient (Wildman–Crippen LogP) is 8.74. The van der Waals surface area contributed by atoms with Gasteiger partial charge in [0.05, 0.1) is 0 Å². The van der Waals surface area contributed by atoms with Crippen LogP contribution in [-0.4, -0.2) is 23.4 Å². The third kappa shape index (κ3) is 5.46. The molecule has 0 aliphatic rings. The Labute approximate surface area is 194 Å². The zero-order valence-electron chi connectivity index (χ0n) is 20.9. The molecule has 2 aromatic carbocycles. The Kier molecular flexibility index (Phi) is 8.46. The van der Waals surface area contributed by atoms with E-state index in [4.69, 9.17) is 4.98 Å². The molecule has 0 radical (unpaired) electrons. The molecule has 0 amide bonds. The normalized spacial score (nSPS) is 12.7. The van der Waals surface area contributed by atoms with Crippen LogP contribution in [0.5, 0.6) is 0 Å². The summed E-state index contributed by atoms with van der Waals surface area (Å²) in [7, 11) is 0. The summed E-state index contributed by atoms with van der Waals surface area (Å²) in [5.74, 6) is 0. The Morgan fingerprint density at radius 2 is 1.26 bits per heavy atom. The summed E-state index contributed by atoms with van der Waals surface area (Å²) in [5.41, 5.74) is 3.98. The zero-order valence-corrected chi connectivity index (χ0v) is 23.7. The average molecular weight is 524 g/mol. The van der Waals surface area contributed by atoms with E-state index in [1.807, 2.05) is 0 Å². The van der Waals surface area contributed by atoms with E-state index >= 15 is 0 Å². The maximum atomic E-state index is 5.20. The molecule has 1 heterocycles. The Balaban J connectivity index is 2.36. The number of hydrogen-bond donors (Lipinski definition) is 0. The summed E-state index contributed by atoms with van der Waals surface area (Å²) in [6.07, 6.45) is 8.11. The number of rotatable bonds is 10. The summed E-state index contributed by atoms with van der Waals surface area (Å²) in [5, 5.41) is 2.95. The van der Waals surface area contributed by atoms with Gasteiger partial charge in [-0.1, -0.05) is 0 Å². The molecule has 0 fully saturated rings. The molecule has 1 aromatic heterocycles. The molecule has 3 aromatic rings. The van der Waals surface area contributed by atoms with Gasteiger partial charge in [-0.05, 0) is 0 Å². The van der Waals surface area contributed by atoms with Gasteiger partial charge in [-0.3, -0.25) is 0 Å². The van der Waals surface area contributed by atoms with Gasteiger partial charge in [0, 0.05) is 0 Å². The molecule has 0 atom stereocenters. The van der Waals surface area contributed by atoms with Crippen LogP contribution in [0.25, 0.3) is 21.8 Å². The molecule has 1 nitrogen and oxygen atoms in total. The number of fused-ring (bicyclic) bond motifs is 2. The molecule has 0 N–H and O–H groups in total.